The van der Waals surface area contributed by atoms with Crippen LogP contribution in [0.15, 0.2) is 18.2 Å². The monoisotopic (exact) mass is 292 g/mol. The molecule has 0 heterocycles. The Kier molecular flexibility index (Phi) is 4.99. The van der Waals surface area contributed by atoms with Crippen LogP contribution < -0.4 is 11.1 Å². The fraction of sp³-hybridized carbons (Fsp3) is 0.588. The van der Waals surface area contributed by atoms with Gasteiger partial charge in [0.25, 0.3) is 0 Å². The van der Waals surface area contributed by atoms with Crippen LogP contribution in [0.4, 0.5) is 4.39 Å². The second kappa shape index (κ2) is 6.56. The summed E-state index contributed by atoms with van der Waals surface area (Å²) in [5.41, 5.74) is 7.33. The van der Waals surface area contributed by atoms with Crippen molar-refractivity contribution in [3.63, 3.8) is 0 Å². The average Bonchev–Trinajstić information content (AvgIpc) is 2.41. The third kappa shape index (κ3) is 4.27. The molecule has 4 heteroatoms. The summed E-state index contributed by atoms with van der Waals surface area (Å²) in [5, 5.41) is 2.93. The number of hydrogen-bond donors (Lipinski definition) is 2. The van der Waals surface area contributed by atoms with Crippen LogP contribution in [-0.2, 0) is 4.79 Å². The van der Waals surface area contributed by atoms with E-state index in [0.29, 0.717) is 12.0 Å². The van der Waals surface area contributed by atoms with Crippen LogP contribution in [0.3, 0.4) is 0 Å². The van der Waals surface area contributed by atoms with Gasteiger partial charge in [0.05, 0.1) is 6.04 Å². The van der Waals surface area contributed by atoms with Gasteiger partial charge in [-0.25, -0.2) is 4.39 Å². The molecule has 0 spiro atoms. The van der Waals surface area contributed by atoms with Gasteiger partial charge >= 0.3 is 0 Å². The van der Waals surface area contributed by atoms with Crippen LogP contribution in [0, 0.1) is 12.7 Å². The third-order valence-corrected chi connectivity index (χ3v) is 4.44. The maximum atomic E-state index is 13.6. The molecule has 0 aromatic heterocycles. The summed E-state index contributed by atoms with van der Waals surface area (Å²) in [5.74, 6) is -0.288. The van der Waals surface area contributed by atoms with E-state index in [1.54, 1.807) is 13.0 Å². The predicted octanol–water partition coefficient (Wildman–Crippen LogP) is 3.36. The van der Waals surface area contributed by atoms with E-state index >= 15 is 0 Å². The molecule has 3 N–H and O–H groups in total. The number of nitrogens with one attached hydrogen (secondary N) is 1. The first-order chi connectivity index (χ1) is 9.89. The summed E-state index contributed by atoms with van der Waals surface area (Å²) >= 11 is 0. The van der Waals surface area contributed by atoms with Crippen molar-refractivity contribution in [1.29, 1.82) is 0 Å². The van der Waals surface area contributed by atoms with Gasteiger partial charge in [-0.2, -0.15) is 0 Å². The fourth-order valence-corrected chi connectivity index (χ4v) is 3.01. The van der Waals surface area contributed by atoms with E-state index in [-0.39, 0.29) is 23.3 Å². The van der Waals surface area contributed by atoms with Crippen LogP contribution in [0.5, 0.6) is 0 Å². The van der Waals surface area contributed by atoms with Gasteiger partial charge in [-0.1, -0.05) is 31.4 Å². The molecule has 21 heavy (non-hydrogen) atoms. The lowest BCUT2D eigenvalue weighted by atomic mass is 9.80. The number of carbonyl (C=O) groups is 1. The largest absolute Gasteiger partial charge is 0.350 e. The van der Waals surface area contributed by atoms with Crippen LogP contribution in [0.25, 0.3) is 0 Å². The van der Waals surface area contributed by atoms with E-state index < -0.39 is 0 Å². The molecule has 1 aliphatic rings. The van der Waals surface area contributed by atoms with E-state index in [1.807, 2.05) is 13.0 Å². The molecule has 3 nitrogen and oxygen atoms in total. The molecule has 1 aromatic carbocycles. The van der Waals surface area contributed by atoms with Crippen molar-refractivity contribution >= 4 is 5.91 Å². The van der Waals surface area contributed by atoms with E-state index in [0.717, 1.165) is 31.2 Å². The zero-order chi connectivity index (χ0) is 15.5. The number of carbonyl (C=O) groups excluding carboxylic acids is 1. The minimum Gasteiger partial charge on any atom is -0.350 e. The first-order valence-electron chi connectivity index (χ1n) is 7.74. The Bertz CT molecular complexity index is 510. The third-order valence-electron chi connectivity index (χ3n) is 4.44. The van der Waals surface area contributed by atoms with Crippen molar-refractivity contribution < 1.29 is 9.18 Å². The van der Waals surface area contributed by atoms with E-state index in [4.69, 9.17) is 5.73 Å². The lowest BCUT2D eigenvalue weighted by Crippen LogP contribution is -2.46. The Labute approximate surface area is 126 Å². The number of nitrogens with two attached hydrogens (primary N) is 1. The highest BCUT2D eigenvalue weighted by Crippen LogP contribution is 2.28. The lowest BCUT2D eigenvalue weighted by molar-refractivity contribution is -0.123. The van der Waals surface area contributed by atoms with Crippen LogP contribution in [0.2, 0.25) is 0 Å². The van der Waals surface area contributed by atoms with E-state index in [1.165, 1.54) is 12.5 Å². The Morgan fingerprint density at radius 1 is 1.38 bits per heavy atom. The fourth-order valence-electron chi connectivity index (χ4n) is 3.01. The average molecular weight is 292 g/mol. The second-order valence-electron chi connectivity index (χ2n) is 6.40. The normalized spacial score (nSPS) is 19.0. The van der Waals surface area contributed by atoms with Crippen LogP contribution >= 0.6 is 0 Å². The molecule has 1 unspecified atom stereocenters. The molecule has 1 saturated carbocycles. The first-order valence-corrected chi connectivity index (χ1v) is 7.74. The molecular formula is C17H25FN2O. The van der Waals surface area contributed by atoms with E-state index in [9.17, 15) is 9.18 Å². The zero-order valence-corrected chi connectivity index (χ0v) is 12.9. The maximum Gasteiger partial charge on any atom is 0.222 e. The summed E-state index contributed by atoms with van der Waals surface area (Å²) in [7, 11) is 0. The smallest absolute Gasteiger partial charge is 0.222 e. The highest BCUT2D eigenvalue weighted by atomic mass is 19.1. The van der Waals surface area contributed by atoms with Crippen molar-refractivity contribution in [3.05, 3.63) is 35.1 Å². The van der Waals surface area contributed by atoms with Crippen LogP contribution in [0.1, 0.15) is 62.6 Å². The van der Waals surface area contributed by atoms with Gasteiger partial charge in [-0.05, 0) is 43.9 Å². The quantitative estimate of drug-likeness (QED) is 0.894. The summed E-state index contributed by atoms with van der Waals surface area (Å²) in [4.78, 5) is 12.2. The maximum absolute atomic E-state index is 13.6. The molecule has 0 aliphatic heterocycles. The lowest BCUT2D eigenvalue weighted by Gasteiger charge is -2.33. The highest BCUT2D eigenvalue weighted by molar-refractivity contribution is 5.77. The summed E-state index contributed by atoms with van der Waals surface area (Å²) in [6.07, 6.45) is 5.58. The van der Waals surface area contributed by atoms with Gasteiger partial charge in [-0.15, -0.1) is 0 Å². The molecule has 0 radical (unpaired) electrons. The molecule has 2 rings (SSSR count). The molecule has 1 fully saturated rings. The van der Waals surface area contributed by atoms with Gasteiger partial charge in [0.15, 0.2) is 0 Å². The van der Waals surface area contributed by atoms with Gasteiger partial charge in [0.2, 0.25) is 5.91 Å². The molecule has 0 bridgehead atoms. The van der Waals surface area contributed by atoms with Crippen molar-refractivity contribution in [2.75, 3.05) is 0 Å². The number of halogens is 1. The number of aryl methyl sites for hydroxylation is 1. The number of amides is 1. The molecule has 1 atom stereocenters. The Morgan fingerprint density at radius 3 is 2.67 bits per heavy atom. The van der Waals surface area contributed by atoms with Crippen molar-refractivity contribution in [2.24, 2.45) is 5.73 Å². The van der Waals surface area contributed by atoms with Gasteiger partial charge in [0.1, 0.15) is 5.82 Å². The van der Waals surface area contributed by atoms with E-state index in [2.05, 4.69) is 5.32 Å². The molecule has 1 amide bonds. The summed E-state index contributed by atoms with van der Waals surface area (Å²) < 4.78 is 13.6. The molecule has 1 aromatic rings. The van der Waals surface area contributed by atoms with Gasteiger partial charge in [0, 0.05) is 12.0 Å². The number of hydrogen-bond acceptors (Lipinski definition) is 2. The minimum absolute atomic E-state index is 0.0483. The molecule has 116 valence electrons. The van der Waals surface area contributed by atoms with Crippen LogP contribution in [-0.4, -0.2) is 11.4 Å². The van der Waals surface area contributed by atoms with Gasteiger partial charge in [-0.3, -0.25) is 4.79 Å². The number of benzene rings is 1. The molecular weight excluding hydrogens is 267 g/mol. The minimum atomic E-state index is -0.361. The standard InChI is InChI=1S/C17H25FN2O/c1-12-6-7-14(10-15(12)18)13(2)20-16(21)11-17(19)8-4-3-5-9-17/h6-7,10,13H,3-5,8-9,11,19H2,1-2H3,(H,20,21). The summed E-state index contributed by atoms with van der Waals surface area (Å²) in [6, 6.07) is 4.86. The molecule has 1 aliphatic carbocycles. The SMILES string of the molecule is Cc1ccc(C(C)NC(=O)CC2(N)CCCCC2)cc1F. The zero-order valence-electron chi connectivity index (χ0n) is 12.9. The van der Waals surface area contributed by atoms with Crippen molar-refractivity contribution in [1.82, 2.24) is 5.32 Å². The Balaban J connectivity index is 1.93. The van der Waals surface area contributed by atoms with Crippen molar-refractivity contribution in [3.8, 4) is 0 Å². The Morgan fingerprint density at radius 2 is 2.05 bits per heavy atom. The summed E-state index contributed by atoms with van der Waals surface area (Å²) in [6.45, 7) is 3.59. The first kappa shape index (κ1) is 16.0. The van der Waals surface area contributed by atoms with Gasteiger partial charge < -0.3 is 11.1 Å². The predicted molar refractivity (Wildman–Crippen MR) is 82.3 cm³/mol. The van der Waals surface area contributed by atoms with Crippen molar-refractivity contribution in [2.45, 2.75) is 64.0 Å². The topological polar surface area (TPSA) is 55.1 Å². The Hall–Kier alpha value is -1.42. The number of rotatable bonds is 4. The highest BCUT2D eigenvalue weighted by Gasteiger charge is 2.30. The molecule has 0 saturated heterocycles. The second-order valence-corrected chi connectivity index (χ2v) is 6.40.